The Bertz CT molecular complexity index is 6790. The van der Waals surface area contributed by atoms with E-state index in [0.29, 0.717) is 0 Å². The number of nitrogens with zero attached hydrogens (tertiary/aromatic N) is 3. The molecule has 2 aliphatic heterocycles. The zero-order chi connectivity index (χ0) is 74.3. The van der Waals surface area contributed by atoms with Gasteiger partial charge in [0.05, 0.1) is 22.4 Å². The summed E-state index contributed by atoms with van der Waals surface area (Å²) >= 11 is 0. The first kappa shape index (κ1) is 65.1. The Kier molecular flexibility index (Phi) is 15.0. The molecule has 0 N–H and O–H groups in total. The van der Waals surface area contributed by atoms with Crippen LogP contribution in [0.3, 0.4) is 0 Å². The molecule has 0 unspecified atom stereocenters. The Morgan fingerprint density at radius 1 is 0.232 bits per heavy atom. The van der Waals surface area contributed by atoms with Crippen LogP contribution < -0.4 is 26.2 Å². The van der Waals surface area contributed by atoms with Gasteiger partial charge in [-0.3, -0.25) is 0 Å². The molecule has 0 saturated heterocycles. The van der Waals surface area contributed by atoms with Crippen LogP contribution in [-0.4, -0.2) is 11.3 Å². The monoisotopic (exact) mass is 1420 g/mol. The third kappa shape index (κ3) is 10.4. The van der Waals surface area contributed by atoms with Gasteiger partial charge in [0, 0.05) is 61.5 Å². The summed E-state index contributed by atoms with van der Waals surface area (Å²) in [6.45, 7) is 6.95. The Morgan fingerprint density at radius 2 is 0.554 bits per heavy atom. The maximum Gasteiger partial charge on any atom is 0.252 e. The van der Waals surface area contributed by atoms with Crippen LogP contribution >= 0.6 is 0 Å². The van der Waals surface area contributed by atoms with Crippen LogP contribution in [0.1, 0.15) is 26.3 Å². The zero-order valence-electron chi connectivity index (χ0n) is 62.4. The third-order valence-electron chi connectivity index (χ3n) is 24.0. The summed E-state index contributed by atoms with van der Waals surface area (Å²) in [6, 6.07) is 149. The van der Waals surface area contributed by atoms with Crippen LogP contribution in [0.5, 0.6) is 0 Å². The second-order valence-electron chi connectivity index (χ2n) is 31.4. The molecule has 0 radical (unpaired) electrons. The highest BCUT2D eigenvalue weighted by molar-refractivity contribution is 7.00. The SMILES string of the molecule is CC(C)(C)c1cc2c3c(c1)N(c1c(-c4cccc(-c5ccccc5)c4)cccc1-c1cccc(-c4ccccc4)c1)c1cc(-n4c5ccc6cccc7c8cccc9ccc4c(c98)c5c67)ccc1B3c1ccc(-c3ccccc3)cc1N2c1c(-c2cccc(-c3ccccc3)c2)cccc1-c1cccc(-c2ccccc2)c1. The normalized spacial score (nSPS) is 12.5. The Hall–Kier alpha value is -14.1. The lowest BCUT2D eigenvalue weighted by atomic mass is 9.33. The van der Waals surface area contributed by atoms with Crippen molar-refractivity contribution in [2.45, 2.75) is 26.2 Å². The minimum absolute atomic E-state index is 0.259. The fourth-order valence-electron chi connectivity index (χ4n) is 18.8. The van der Waals surface area contributed by atoms with Crippen molar-refractivity contribution in [3.8, 4) is 106 Å². The molecule has 0 fully saturated rings. The van der Waals surface area contributed by atoms with Crippen LogP contribution in [0.2, 0.25) is 0 Å². The zero-order valence-corrected chi connectivity index (χ0v) is 62.4. The molecule has 0 aliphatic carbocycles. The third-order valence-corrected chi connectivity index (χ3v) is 24.0. The first-order chi connectivity index (χ1) is 55.2. The number of anilines is 6. The van der Waals surface area contributed by atoms with E-state index in [1.165, 1.54) is 98.3 Å². The molecule has 0 atom stereocenters. The van der Waals surface area contributed by atoms with Crippen LogP contribution in [0.25, 0.3) is 160 Å². The van der Waals surface area contributed by atoms with Crippen LogP contribution in [0, 0.1) is 0 Å². The minimum atomic E-state index is -0.363. The van der Waals surface area contributed by atoms with E-state index in [0.717, 1.165) is 118 Å². The van der Waals surface area contributed by atoms with E-state index < -0.39 is 0 Å². The highest BCUT2D eigenvalue weighted by Crippen LogP contribution is 2.56. The number of hydrogen-bond donors (Lipinski definition) is 0. The number of rotatable bonds is 12. The predicted octanol–water partition coefficient (Wildman–Crippen LogP) is 27.5. The summed E-state index contributed by atoms with van der Waals surface area (Å²) in [5, 5.41) is 10.3. The van der Waals surface area contributed by atoms with E-state index >= 15 is 0 Å². The molecule has 524 valence electrons. The molecule has 1 aromatic heterocycles. The van der Waals surface area contributed by atoms with Gasteiger partial charge in [-0.05, 0) is 204 Å². The highest BCUT2D eigenvalue weighted by Gasteiger charge is 2.46. The summed E-state index contributed by atoms with van der Waals surface area (Å²) in [7, 11) is 0. The van der Waals surface area contributed by atoms with Crippen molar-refractivity contribution in [1.82, 2.24) is 4.57 Å². The van der Waals surface area contributed by atoms with E-state index in [1.54, 1.807) is 0 Å². The van der Waals surface area contributed by atoms with E-state index in [1.807, 2.05) is 0 Å². The van der Waals surface area contributed by atoms with Crippen LogP contribution in [-0.2, 0) is 5.41 Å². The van der Waals surface area contributed by atoms with Crippen molar-refractivity contribution < 1.29 is 0 Å². The lowest BCUT2D eigenvalue weighted by molar-refractivity contribution is 0.590. The van der Waals surface area contributed by atoms with Gasteiger partial charge < -0.3 is 14.4 Å². The number of para-hydroxylation sites is 2. The molecule has 22 rings (SSSR count). The van der Waals surface area contributed by atoms with E-state index in [2.05, 4.69) is 429 Å². The van der Waals surface area contributed by atoms with Crippen molar-refractivity contribution >= 4 is 111 Å². The Balaban J connectivity index is 0.891. The standard InChI is InChI=1S/C108H74BN3/c1-108(2,3)85-66-99-105-100(67-85)112(107-89(83-45-21-41-78(63-83)71-31-13-6-14-32-71)49-26-50-90(107)84-46-22-42-79(64-84)72-33-15-7-16-34-72)98-68-86(110-95-59-54-74-37-23-51-91-92-52-24-38-75-55-60-96(110)104(102(75)92)103(95)101(74)91)56-58-94(98)109(105)93-57-53-80(73-35-17-8-18-36-73)65-97(93)111(99)106-87(81-43-19-39-76(61-81)69-27-9-4-10-28-69)47-25-48-88(106)82-44-20-40-77(62-82)70-29-11-5-12-30-70/h4-68H,1-3H3. The summed E-state index contributed by atoms with van der Waals surface area (Å²) in [4.78, 5) is 5.46. The number of fused-ring (bicyclic) bond motifs is 5. The molecule has 4 heteroatoms. The Labute approximate surface area is 653 Å². The number of hydrogen-bond acceptors (Lipinski definition) is 2. The average molecular weight is 1420 g/mol. The lowest BCUT2D eigenvalue weighted by Crippen LogP contribution is -2.61. The number of benzene rings is 19. The van der Waals surface area contributed by atoms with Gasteiger partial charge in [-0.2, -0.15) is 0 Å². The van der Waals surface area contributed by atoms with E-state index in [-0.39, 0.29) is 12.1 Å². The first-order valence-corrected chi connectivity index (χ1v) is 39.1. The maximum absolute atomic E-state index is 2.74. The molecule has 0 amide bonds. The molecule has 2 aliphatic rings. The maximum atomic E-state index is 2.74. The second-order valence-corrected chi connectivity index (χ2v) is 31.4. The second kappa shape index (κ2) is 25.8. The summed E-state index contributed by atoms with van der Waals surface area (Å²) in [6.07, 6.45) is 0. The molecular weight excluding hydrogens is 1350 g/mol. The fraction of sp³-hybridized carbons (Fsp3) is 0.0370. The Morgan fingerprint density at radius 3 is 0.929 bits per heavy atom. The van der Waals surface area contributed by atoms with Crippen molar-refractivity contribution in [2.75, 3.05) is 9.80 Å². The number of aromatic nitrogens is 1. The van der Waals surface area contributed by atoms with Gasteiger partial charge in [0.25, 0.3) is 6.71 Å². The van der Waals surface area contributed by atoms with Gasteiger partial charge in [0.15, 0.2) is 0 Å². The molecule has 3 nitrogen and oxygen atoms in total. The first-order valence-electron chi connectivity index (χ1n) is 39.1. The van der Waals surface area contributed by atoms with Gasteiger partial charge in [-0.25, -0.2) is 0 Å². The quantitative estimate of drug-likeness (QED) is 0.0686. The molecule has 112 heavy (non-hydrogen) atoms. The molecule has 0 saturated carbocycles. The van der Waals surface area contributed by atoms with Gasteiger partial charge in [-0.1, -0.05) is 348 Å². The summed E-state index contributed by atoms with van der Waals surface area (Å²) in [5.41, 5.74) is 35.4. The minimum Gasteiger partial charge on any atom is -0.310 e. The van der Waals surface area contributed by atoms with Crippen LogP contribution in [0.15, 0.2) is 394 Å². The van der Waals surface area contributed by atoms with Crippen LogP contribution in [0.4, 0.5) is 34.1 Å². The molecular formula is C108H74BN3. The molecule has 0 bridgehead atoms. The van der Waals surface area contributed by atoms with Gasteiger partial charge in [0.2, 0.25) is 0 Å². The van der Waals surface area contributed by atoms with Gasteiger partial charge >= 0.3 is 0 Å². The lowest BCUT2D eigenvalue weighted by Gasteiger charge is -2.46. The molecule has 20 aromatic rings. The predicted molar refractivity (Wildman–Crippen MR) is 477 cm³/mol. The summed E-state index contributed by atoms with van der Waals surface area (Å²) in [5.74, 6) is 0. The van der Waals surface area contributed by atoms with Crippen molar-refractivity contribution in [1.29, 1.82) is 0 Å². The fourth-order valence-corrected chi connectivity index (χ4v) is 18.8. The van der Waals surface area contributed by atoms with Crippen molar-refractivity contribution in [3.05, 3.63) is 400 Å². The molecule has 0 spiro atoms. The van der Waals surface area contributed by atoms with Gasteiger partial charge in [0.1, 0.15) is 0 Å². The van der Waals surface area contributed by atoms with Crippen molar-refractivity contribution in [3.63, 3.8) is 0 Å². The average Bonchev–Trinajstić information content (AvgIpc) is 1.65. The molecule has 3 heterocycles. The summed E-state index contributed by atoms with van der Waals surface area (Å²) < 4.78 is 2.59. The van der Waals surface area contributed by atoms with E-state index in [4.69, 9.17) is 0 Å². The van der Waals surface area contributed by atoms with E-state index in [9.17, 15) is 0 Å². The molecule has 19 aromatic carbocycles. The largest absolute Gasteiger partial charge is 0.310 e. The topological polar surface area (TPSA) is 11.4 Å². The highest BCUT2D eigenvalue weighted by atomic mass is 15.2. The smallest absolute Gasteiger partial charge is 0.252 e. The van der Waals surface area contributed by atoms with Crippen molar-refractivity contribution in [2.24, 2.45) is 0 Å². The van der Waals surface area contributed by atoms with Gasteiger partial charge in [-0.15, -0.1) is 0 Å².